The Morgan fingerprint density at radius 3 is 3.00 bits per heavy atom. The lowest BCUT2D eigenvalue weighted by Crippen LogP contribution is -2.14. The average molecular weight is 214 g/mol. The first-order valence-electron chi connectivity index (χ1n) is 4.50. The van der Waals surface area contributed by atoms with E-state index < -0.39 is 0 Å². The Balaban J connectivity index is 2.50. The number of halogens is 2. The van der Waals surface area contributed by atoms with Gasteiger partial charge in [-0.15, -0.1) is 6.58 Å². The lowest BCUT2D eigenvalue weighted by Gasteiger charge is -2.05. The first-order valence-corrected chi connectivity index (χ1v) is 4.88. The fraction of sp³-hybridized carbons (Fsp3) is 0.273. The Morgan fingerprint density at radius 2 is 2.29 bits per heavy atom. The van der Waals surface area contributed by atoms with Crippen molar-refractivity contribution in [1.82, 2.24) is 5.32 Å². The second-order valence-corrected chi connectivity index (χ2v) is 3.35. The van der Waals surface area contributed by atoms with E-state index in [0.717, 1.165) is 18.5 Å². The van der Waals surface area contributed by atoms with Gasteiger partial charge in [0.25, 0.3) is 0 Å². The zero-order valence-corrected chi connectivity index (χ0v) is 8.65. The predicted molar refractivity (Wildman–Crippen MR) is 57.9 cm³/mol. The van der Waals surface area contributed by atoms with Crippen LogP contribution in [0.1, 0.15) is 12.0 Å². The third-order valence-electron chi connectivity index (χ3n) is 1.87. The average Bonchev–Trinajstić information content (AvgIpc) is 2.19. The lowest BCUT2D eigenvalue weighted by atomic mass is 10.2. The van der Waals surface area contributed by atoms with Gasteiger partial charge in [-0.05, 0) is 24.6 Å². The molecule has 0 aromatic heterocycles. The fourth-order valence-corrected chi connectivity index (χ4v) is 1.30. The number of benzene rings is 1. The first kappa shape index (κ1) is 11.2. The van der Waals surface area contributed by atoms with Gasteiger partial charge in [0, 0.05) is 6.54 Å². The molecule has 0 amide bonds. The summed E-state index contributed by atoms with van der Waals surface area (Å²) in [6.45, 7) is 5.03. The van der Waals surface area contributed by atoms with Gasteiger partial charge in [-0.3, -0.25) is 0 Å². The Labute approximate surface area is 88.6 Å². The molecule has 0 aliphatic rings. The molecule has 0 aliphatic heterocycles. The Bertz CT molecular complexity index is 312. The van der Waals surface area contributed by atoms with Gasteiger partial charge in [0.2, 0.25) is 0 Å². The molecular formula is C11H13ClFN. The smallest absolute Gasteiger partial charge is 0.142 e. The van der Waals surface area contributed by atoms with E-state index in [4.69, 9.17) is 11.6 Å². The van der Waals surface area contributed by atoms with Crippen molar-refractivity contribution < 1.29 is 4.39 Å². The summed E-state index contributed by atoms with van der Waals surface area (Å²) in [6.07, 6.45) is 2.73. The van der Waals surface area contributed by atoms with E-state index in [1.165, 1.54) is 6.07 Å². The van der Waals surface area contributed by atoms with Gasteiger partial charge in [-0.1, -0.05) is 29.8 Å². The molecule has 0 radical (unpaired) electrons. The van der Waals surface area contributed by atoms with Crippen LogP contribution in [0.2, 0.25) is 5.02 Å². The molecule has 1 aromatic rings. The van der Waals surface area contributed by atoms with Crippen molar-refractivity contribution in [1.29, 1.82) is 0 Å². The van der Waals surface area contributed by atoms with E-state index in [1.807, 2.05) is 12.1 Å². The van der Waals surface area contributed by atoms with Crippen LogP contribution in [0.15, 0.2) is 30.9 Å². The van der Waals surface area contributed by atoms with Gasteiger partial charge < -0.3 is 5.32 Å². The molecule has 1 nitrogen and oxygen atoms in total. The van der Waals surface area contributed by atoms with Crippen molar-refractivity contribution in [2.45, 2.75) is 13.0 Å². The molecule has 1 rings (SSSR count). The molecular weight excluding hydrogens is 201 g/mol. The highest BCUT2D eigenvalue weighted by Crippen LogP contribution is 2.19. The summed E-state index contributed by atoms with van der Waals surface area (Å²) >= 11 is 5.77. The van der Waals surface area contributed by atoms with Crippen LogP contribution in [0.4, 0.5) is 4.39 Å². The fourth-order valence-electron chi connectivity index (χ4n) is 1.11. The molecule has 0 saturated carbocycles. The van der Waals surface area contributed by atoms with Crippen LogP contribution < -0.4 is 5.32 Å². The Hall–Kier alpha value is -0.860. The first-order chi connectivity index (χ1) is 6.75. The van der Waals surface area contributed by atoms with Crippen molar-refractivity contribution in [3.05, 3.63) is 47.3 Å². The molecule has 0 bridgehead atoms. The zero-order chi connectivity index (χ0) is 10.4. The minimum Gasteiger partial charge on any atom is -0.312 e. The van der Waals surface area contributed by atoms with Gasteiger partial charge >= 0.3 is 0 Å². The summed E-state index contributed by atoms with van der Waals surface area (Å²) in [5.41, 5.74) is 0.788. The van der Waals surface area contributed by atoms with Crippen LogP contribution in [-0.2, 0) is 6.54 Å². The van der Waals surface area contributed by atoms with E-state index >= 15 is 0 Å². The zero-order valence-electron chi connectivity index (χ0n) is 7.89. The minimum absolute atomic E-state index is 0.207. The SMILES string of the molecule is C=CCCNCc1cccc(F)c1Cl. The maximum atomic E-state index is 13.0. The van der Waals surface area contributed by atoms with E-state index in [9.17, 15) is 4.39 Å². The Kier molecular flexibility index (Phi) is 4.63. The largest absolute Gasteiger partial charge is 0.312 e. The summed E-state index contributed by atoms with van der Waals surface area (Å²) in [5, 5.41) is 3.36. The predicted octanol–water partition coefficient (Wildman–Crippen LogP) is 3.14. The molecule has 1 aromatic carbocycles. The second-order valence-electron chi connectivity index (χ2n) is 2.97. The highest BCUT2D eigenvalue weighted by Gasteiger charge is 2.03. The number of hydrogen-bond donors (Lipinski definition) is 1. The molecule has 76 valence electrons. The number of rotatable bonds is 5. The van der Waals surface area contributed by atoms with Gasteiger partial charge in [-0.25, -0.2) is 4.39 Å². The van der Waals surface area contributed by atoms with Gasteiger partial charge in [0.15, 0.2) is 0 Å². The summed E-state index contributed by atoms with van der Waals surface area (Å²) in [4.78, 5) is 0. The van der Waals surface area contributed by atoms with Crippen molar-refractivity contribution in [2.24, 2.45) is 0 Å². The summed E-state index contributed by atoms with van der Waals surface area (Å²) in [7, 11) is 0. The van der Waals surface area contributed by atoms with Crippen LogP contribution in [0.25, 0.3) is 0 Å². The molecule has 0 fully saturated rings. The van der Waals surface area contributed by atoms with Gasteiger partial charge in [-0.2, -0.15) is 0 Å². The third kappa shape index (κ3) is 3.13. The summed E-state index contributed by atoms with van der Waals surface area (Å²) in [5.74, 6) is -0.366. The second kappa shape index (κ2) is 5.78. The topological polar surface area (TPSA) is 12.0 Å². The minimum atomic E-state index is -0.366. The van der Waals surface area contributed by atoms with Gasteiger partial charge in [0.1, 0.15) is 5.82 Å². The third-order valence-corrected chi connectivity index (χ3v) is 2.30. The molecule has 0 heterocycles. The molecule has 3 heteroatoms. The monoisotopic (exact) mass is 213 g/mol. The molecule has 1 N–H and O–H groups in total. The highest BCUT2D eigenvalue weighted by atomic mass is 35.5. The maximum absolute atomic E-state index is 13.0. The van der Waals surface area contributed by atoms with E-state index in [0.29, 0.717) is 6.54 Å². The van der Waals surface area contributed by atoms with E-state index in [-0.39, 0.29) is 10.8 Å². The normalized spacial score (nSPS) is 10.1. The molecule has 0 unspecified atom stereocenters. The van der Waals surface area contributed by atoms with Crippen molar-refractivity contribution in [3.8, 4) is 0 Å². The molecule has 0 atom stereocenters. The van der Waals surface area contributed by atoms with Crippen LogP contribution >= 0.6 is 11.6 Å². The highest BCUT2D eigenvalue weighted by molar-refractivity contribution is 6.31. The molecule has 0 aliphatic carbocycles. The number of hydrogen-bond acceptors (Lipinski definition) is 1. The van der Waals surface area contributed by atoms with Crippen LogP contribution in [0.3, 0.4) is 0 Å². The van der Waals surface area contributed by atoms with Crippen molar-refractivity contribution in [3.63, 3.8) is 0 Å². The molecule has 0 spiro atoms. The standard InChI is InChI=1S/C11H13ClFN/c1-2-3-7-14-8-9-5-4-6-10(13)11(9)12/h2,4-6,14H,1,3,7-8H2. The van der Waals surface area contributed by atoms with Crippen molar-refractivity contribution >= 4 is 11.6 Å². The molecule has 14 heavy (non-hydrogen) atoms. The van der Waals surface area contributed by atoms with Crippen LogP contribution in [0, 0.1) is 5.82 Å². The van der Waals surface area contributed by atoms with Crippen molar-refractivity contribution in [2.75, 3.05) is 6.54 Å². The van der Waals surface area contributed by atoms with E-state index in [1.54, 1.807) is 6.07 Å². The summed E-state index contributed by atoms with van der Waals surface area (Å²) < 4.78 is 13.0. The Morgan fingerprint density at radius 1 is 1.50 bits per heavy atom. The quantitative estimate of drug-likeness (QED) is 0.585. The van der Waals surface area contributed by atoms with Gasteiger partial charge in [0.05, 0.1) is 5.02 Å². The lowest BCUT2D eigenvalue weighted by molar-refractivity contribution is 0.621. The summed E-state index contributed by atoms with van der Waals surface area (Å²) in [6, 6.07) is 4.83. The van der Waals surface area contributed by atoms with Crippen LogP contribution in [0.5, 0.6) is 0 Å². The maximum Gasteiger partial charge on any atom is 0.142 e. The number of nitrogens with one attached hydrogen (secondary N) is 1. The molecule has 0 saturated heterocycles. The van der Waals surface area contributed by atoms with E-state index in [2.05, 4.69) is 11.9 Å². The van der Waals surface area contributed by atoms with Crippen LogP contribution in [-0.4, -0.2) is 6.54 Å².